The maximum Gasteiger partial charge on any atom is 0.508 e. The number of carboxylic acid groups (broad SMARTS) is 1. The third kappa shape index (κ3) is 9.76. The van der Waals surface area contributed by atoms with Crippen LogP contribution in [-0.4, -0.2) is 36.4 Å². The molecule has 0 amide bonds. The zero-order valence-electron chi connectivity index (χ0n) is 14.8. The van der Waals surface area contributed by atoms with Gasteiger partial charge in [0.2, 0.25) is 0 Å². The Hall–Kier alpha value is -0.890. The second kappa shape index (κ2) is 13.5. The van der Waals surface area contributed by atoms with Crippen LogP contribution >= 0.6 is 0 Å². The van der Waals surface area contributed by atoms with Crippen molar-refractivity contribution >= 4 is 6.16 Å². The first-order valence-electron chi connectivity index (χ1n) is 8.53. The summed E-state index contributed by atoms with van der Waals surface area (Å²) in [5.41, 5.74) is 0. The van der Waals surface area contributed by atoms with Crippen LogP contribution in [0.2, 0.25) is 0 Å². The third-order valence-corrected chi connectivity index (χ3v) is 3.33. The fourth-order valence-corrected chi connectivity index (χ4v) is 1.81. The zero-order valence-corrected chi connectivity index (χ0v) is 14.8. The predicted octanol–water partition coefficient (Wildman–Crippen LogP) is 4.45. The average molecular weight is 336 g/mol. The van der Waals surface area contributed by atoms with Crippen molar-refractivity contribution < 1.29 is 34.2 Å². The topological polar surface area (TPSA) is 83.5 Å². The minimum Gasteiger partial charge on any atom is -0.450 e. The molecule has 0 aliphatic carbocycles. The summed E-state index contributed by atoms with van der Waals surface area (Å²) in [6.07, 6.45) is 3.24. The van der Waals surface area contributed by atoms with Gasteiger partial charge >= 0.3 is 6.16 Å². The first-order valence-corrected chi connectivity index (χ1v) is 8.53. The summed E-state index contributed by atoms with van der Waals surface area (Å²) in [6.45, 7) is 8.48. The van der Waals surface area contributed by atoms with Crippen molar-refractivity contribution in [3.63, 3.8) is 0 Å². The van der Waals surface area contributed by atoms with Crippen LogP contribution in [0.4, 0.5) is 4.79 Å². The average Bonchev–Trinajstić information content (AvgIpc) is 2.52. The van der Waals surface area contributed by atoms with Crippen LogP contribution in [0, 0.1) is 0 Å². The summed E-state index contributed by atoms with van der Waals surface area (Å²) in [5.74, 6) is -1.54. The molecule has 0 aromatic rings. The second-order valence-electron chi connectivity index (χ2n) is 5.46. The maximum absolute atomic E-state index is 11.1. The molecule has 0 saturated carbocycles. The lowest BCUT2D eigenvalue weighted by molar-refractivity contribution is -0.470. The molecule has 0 rings (SSSR count). The number of carbonyl (C=O) groups is 1. The molecule has 0 fully saturated rings. The third-order valence-electron chi connectivity index (χ3n) is 3.33. The highest BCUT2D eigenvalue weighted by Gasteiger charge is 2.45. The van der Waals surface area contributed by atoms with Gasteiger partial charge in [0.25, 0.3) is 5.79 Å². The van der Waals surface area contributed by atoms with Crippen LogP contribution in [0.5, 0.6) is 0 Å². The second-order valence-corrected chi connectivity index (χ2v) is 5.46. The lowest BCUT2D eigenvalue weighted by Gasteiger charge is -2.34. The van der Waals surface area contributed by atoms with Crippen LogP contribution in [0.3, 0.4) is 0 Å². The van der Waals surface area contributed by atoms with Crippen LogP contribution in [0.1, 0.15) is 72.6 Å². The van der Waals surface area contributed by atoms with Crippen molar-refractivity contribution in [2.45, 2.75) is 84.5 Å². The molecule has 7 nitrogen and oxygen atoms in total. The molecule has 0 aromatic carbocycles. The molecular weight excluding hydrogens is 304 g/mol. The predicted molar refractivity (Wildman–Crippen MR) is 84.7 cm³/mol. The Kier molecular flexibility index (Phi) is 13.0. The minimum absolute atomic E-state index is 0.320. The van der Waals surface area contributed by atoms with Crippen LogP contribution in [0.15, 0.2) is 0 Å². The van der Waals surface area contributed by atoms with Crippen molar-refractivity contribution in [2.24, 2.45) is 0 Å². The standard InChI is InChI=1S/C16H32O7/c1-5-8-11-16(21-15(17)18,23-20-13-10-7-3)14(4)22-19-12-9-6-2/h14H,5-13H2,1-4H3,(H,17,18). The Morgan fingerprint density at radius 3 is 2.09 bits per heavy atom. The van der Waals surface area contributed by atoms with Gasteiger partial charge in [0.05, 0.1) is 13.2 Å². The summed E-state index contributed by atoms with van der Waals surface area (Å²) in [6, 6.07) is 0. The van der Waals surface area contributed by atoms with Gasteiger partial charge in [-0.05, 0) is 26.2 Å². The van der Waals surface area contributed by atoms with E-state index >= 15 is 0 Å². The van der Waals surface area contributed by atoms with E-state index in [0.29, 0.717) is 26.1 Å². The minimum atomic E-state index is -1.54. The first kappa shape index (κ1) is 22.1. The number of ether oxygens (including phenoxy) is 1. The highest BCUT2D eigenvalue weighted by molar-refractivity contribution is 5.57. The number of unbranched alkanes of at least 4 members (excludes halogenated alkanes) is 3. The number of rotatable bonds is 15. The summed E-state index contributed by atoms with van der Waals surface area (Å²) >= 11 is 0. The Bertz CT molecular complexity index is 298. The highest BCUT2D eigenvalue weighted by Crippen LogP contribution is 2.28. The van der Waals surface area contributed by atoms with Gasteiger partial charge in [-0.2, -0.15) is 4.89 Å². The summed E-state index contributed by atoms with van der Waals surface area (Å²) in [5, 5.41) is 9.06. The largest absolute Gasteiger partial charge is 0.508 e. The van der Waals surface area contributed by atoms with E-state index in [4.69, 9.17) is 29.4 Å². The molecular formula is C16H32O7. The lowest BCUT2D eigenvalue weighted by Crippen LogP contribution is -2.48. The van der Waals surface area contributed by atoms with E-state index in [0.717, 1.165) is 32.1 Å². The Morgan fingerprint density at radius 1 is 1.00 bits per heavy atom. The van der Waals surface area contributed by atoms with Gasteiger partial charge in [0, 0.05) is 6.42 Å². The SMILES string of the molecule is CCCCOOC(C)C(CCCC)(OOCCCC)OC(=O)O. The van der Waals surface area contributed by atoms with E-state index in [9.17, 15) is 4.79 Å². The monoisotopic (exact) mass is 336 g/mol. The first-order chi connectivity index (χ1) is 11.0. The summed E-state index contributed by atoms with van der Waals surface area (Å²) < 4.78 is 5.00. The van der Waals surface area contributed by atoms with Gasteiger partial charge in [-0.3, -0.25) is 0 Å². The lowest BCUT2D eigenvalue weighted by atomic mass is 10.0. The molecule has 138 valence electrons. The summed E-state index contributed by atoms with van der Waals surface area (Å²) in [7, 11) is 0. The molecule has 7 heteroatoms. The molecule has 0 radical (unpaired) electrons. The van der Waals surface area contributed by atoms with E-state index < -0.39 is 18.0 Å². The van der Waals surface area contributed by atoms with Crippen LogP contribution in [0.25, 0.3) is 0 Å². The van der Waals surface area contributed by atoms with Crippen molar-refractivity contribution in [2.75, 3.05) is 13.2 Å². The quantitative estimate of drug-likeness (QED) is 0.155. The normalized spacial score (nSPS) is 15.1. The van der Waals surface area contributed by atoms with E-state index in [1.54, 1.807) is 6.92 Å². The zero-order chi connectivity index (χ0) is 17.6. The van der Waals surface area contributed by atoms with Crippen molar-refractivity contribution in [1.82, 2.24) is 0 Å². The number of hydrogen-bond donors (Lipinski definition) is 1. The molecule has 0 saturated heterocycles. The maximum atomic E-state index is 11.1. The highest BCUT2D eigenvalue weighted by atomic mass is 17.3. The molecule has 0 aliphatic rings. The molecule has 0 aromatic heterocycles. The molecule has 0 bridgehead atoms. The molecule has 1 N–H and O–H groups in total. The molecule has 2 unspecified atom stereocenters. The van der Waals surface area contributed by atoms with E-state index in [-0.39, 0.29) is 0 Å². The molecule has 0 aliphatic heterocycles. The van der Waals surface area contributed by atoms with Gasteiger partial charge in [-0.25, -0.2) is 19.5 Å². The van der Waals surface area contributed by atoms with E-state index in [2.05, 4.69) is 0 Å². The van der Waals surface area contributed by atoms with Gasteiger partial charge in [-0.1, -0.05) is 40.0 Å². The fourth-order valence-electron chi connectivity index (χ4n) is 1.81. The van der Waals surface area contributed by atoms with Gasteiger partial charge < -0.3 is 9.84 Å². The van der Waals surface area contributed by atoms with Gasteiger partial charge in [-0.15, -0.1) is 0 Å². The van der Waals surface area contributed by atoms with Crippen molar-refractivity contribution in [1.29, 1.82) is 0 Å². The van der Waals surface area contributed by atoms with Crippen molar-refractivity contribution in [3.8, 4) is 0 Å². The van der Waals surface area contributed by atoms with Crippen LogP contribution < -0.4 is 0 Å². The van der Waals surface area contributed by atoms with E-state index in [1.165, 1.54) is 0 Å². The molecule has 23 heavy (non-hydrogen) atoms. The molecule has 2 atom stereocenters. The molecule has 0 heterocycles. The Labute approximate surface area is 139 Å². The van der Waals surface area contributed by atoms with Gasteiger partial charge in [0.1, 0.15) is 0 Å². The fraction of sp³-hybridized carbons (Fsp3) is 0.938. The van der Waals surface area contributed by atoms with Crippen LogP contribution in [-0.2, 0) is 24.3 Å². The Morgan fingerprint density at radius 2 is 1.57 bits per heavy atom. The molecule has 0 spiro atoms. The summed E-state index contributed by atoms with van der Waals surface area (Å²) in [4.78, 5) is 32.0. The van der Waals surface area contributed by atoms with Crippen molar-refractivity contribution in [3.05, 3.63) is 0 Å². The number of hydrogen-bond acceptors (Lipinski definition) is 6. The smallest absolute Gasteiger partial charge is 0.450 e. The Balaban J connectivity index is 4.81. The van der Waals surface area contributed by atoms with E-state index in [1.807, 2.05) is 20.8 Å². The van der Waals surface area contributed by atoms with Gasteiger partial charge in [0.15, 0.2) is 6.10 Å².